The first-order valence-corrected chi connectivity index (χ1v) is 16.3. The number of benzene rings is 4. The van der Waals surface area contributed by atoms with E-state index in [0.717, 1.165) is 32.7 Å². The molecule has 0 saturated carbocycles. The number of amides is 1. The summed E-state index contributed by atoms with van der Waals surface area (Å²) >= 11 is 6.12. The molecule has 4 aromatic carbocycles. The molecule has 5 rings (SSSR count). The lowest BCUT2D eigenvalue weighted by Gasteiger charge is -2.36. The number of hydrogen-bond donors (Lipinski definition) is 1. The Bertz CT molecular complexity index is 1760. The van der Waals surface area contributed by atoms with Crippen LogP contribution in [0.2, 0.25) is 5.02 Å². The zero-order valence-electron chi connectivity index (χ0n) is 24.8. The minimum atomic E-state index is -3.67. The van der Waals surface area contributed by atoms with Crippen molar-refractivity contribution < 1.29 is 17.9 Å². The Morgan fingerprint density at radius 1 is 0.977 bits per heavy atom. The average molecular weight is 620 g/mol. The second kappa shape index (κ2) is 12.7. The van der Waals surface area contributed by atoms with Crippen molar-refractivity contribution in [3.8, 4) is 0 Å². The lowest BCUT2D eigenvalue weighted by molar-refractivity contribution is 0.0523. The highest BCUT2D eigenvalue weighted by molar-refractivity contribution is 7.89. The quantitative estimate of drug-likeness (QED) is 0.214. The molecule has 9 heteroatoms. The molecule has 226 valence electrons. The third kappa shape index (κ3) is 7.21. The molecule has 1 unspecified atom stereocenters. The molecule has 0 bridgehead atoms. The van der Waals surface area contributed by atoms with Gasteiger partial charge in [-0.25, -0.2) is 13.2 Å². The van der Waals surface area contributed by atoms with Crippen LogP contribution in [0.15, 0.2) is 85.5 Å². The highest BCUT2D eigenvalue weighted by atomic mass is 35.5. The van der Waals surface area contributed by atoms with Gasteiger partial charge >= 0.3 is 6.09 Å². The van der Waals surface area contributed by atoms with Crippen LogP contribution in [-0.2, 0) is 27.8 Å². The summed E-state index contributed by atoms with van der Waals surface area (Å²) in [4.78, 5) is 14.7. The molecule has 0 spiro atoms. The van der Waals surface area contributed by atoms with Gasteiger partial charge in [-0.1, -0.05) is 72.3 Å². The number of nitrogens with one attached hydrogen (secondary N) is 1. The van der Waals surface area contributed by atoms with Crippen LogP contribution < -0.4 is 5.32 Å². The maximum Gasteiger partial charge on any atom is 0.407 e. The van der Waals surface area contributed by atoms with E-state index in [-0.39, 0.29) is 0 Å². The van der Waals surface area contributed by atoms with E-state index < -0.39 is 27.0 Å². The predicted molar refractivity (Wildman–Crippen MR) is 175 cm³/mol. The number of alkyl carbamates (subject to hydrolysis) is 1. The van der Waals surface area contributed by atoms with Crippen molar-refractivity contribution in [2.45, 2.75) is 44.7 Å². The Labute approximate surface area is 259 Å². The highest BCUT2D eigenvalue weighted by Gasteiger charge is 2.34. The fraction of sp³-hybridized carbons (Fsp3) is 0.324. The van der Waals surface area contributed by atoms with E-state index in [1.54, 1.807) is 10.4 Å². The van der Waals surface area contributed by atoms with E-state index in [4.69, 9.17) is 16.3 Å². The first kappa shape index (κ1) is 31.0. The molecule has 1 amide bonds. The number of rotatable bonds is 8. The number of fused-ring (bicyclic) bond motifs is 2. The molecule has 1 saturated heterocycles. The monoisotopic (exact) mass is 619 g/mol. The van der Waals surface area contributed by atoms with E-state index >= 15 is 0 Å². The fourth-order valence-corrected chi connectivity index (χ4v) is 7.51. The Hall–Kier alpha value is -3.43. The first-order valence-electron chi connectivity index (χ1n) is 14.4. The summed E-state index contributed by atoms with van der Waals surface area (Å²) in [6, 6.07) is 23.5. The Balaban J connectivity index is 1.29. The van der Waals surface area contributed by atoms with Gasteiger partial charge in [0.15, 0.2) is 0 Å². The van der Waals surface area contributed by atoms with Gasteiger partial charge < -0.3 is 10.1 Å². The van der Waals surface area contributed by atoms with Crippen LogP contribution >= 0.6 is 11.6 Å². The van der Waals surface area contributed by atoms with Crippen molar-refractivity contribution in [3.63, 3.8) is 0 Å². The largest absolute Gasteiger partial charge is 0.444 e. The molecule has 43 heavy (non-hydrogen) atoms. The summed E-state index contributed by atoms with van der Waals surface area (Å²) in [5.74, 6) is 0. The van der Waals surface area contributed by atoms with Crippen molar-refractivity contribution in [1.82, 2.24) is 14.5 Å². The number of nitrogens with zero attached hydrogens (tertiary/aromatic N) is 2. The summed E-state index contributed by atoms with van der Waals surface area (Å²) in [7, 11) is -3.67. The molecule has 1 aliphatic heterocycles. The zero-order chi connectivity index (χ0) is 30.8. The minimum absolute atomic E-state index is 0.332. The molecule has 4 aromatic rings. The van der Waals surface area contributed by atoms with Gasteiger partial charge in [0, 0.05) is 44.3 Å². The minimum Gasteiger partial charge on any atom is -0.444 e. The smallest absolute Gasteiger partial charge is 0.407 e. The molecule has 1 aliphatic rings. The molecule has 7 nitrogen and oxygen atoms in total. The van der Waals surface area contributed by atoms with Crippen molar-refractivity contribution >= 4 is 49.3 Å². The summed E-state index contributed by atoms with van der Waals surface area (Å²) in [5, 5.41) is 6.77. The van der Waals surface area contributed by atoms with Gasteiger partial charge in [-0.3, -0.25) is 4.90 Å². The van der Waals surface area contributed by atoms with Crippen LogP contribution in [0.4, 0.5) is 4.79 Å². The molecular formula is C34H38ClN3O4S. The summed E-state index contributed by atoms with van der Waals surface area (Å²) in [5.41, 5.74) is 2.22. The summed E-state index contributed by atoms with van der Waals surface area (Å²) in [6.45, 7) is 12.3. The molecular weight excluding hydrogens is 582 g/mol. The van der Waals surface area contributed by atoms with Gasteiger partial charge in [0.1, 0.15) is 10.9 Å². The predicted octanol–water partition coefficient (Wildman–Crippen LogP) is 7.05. The topological polar surface area (TPSA) is 79.0 Å². The van der Waals surface area contributed by atoms with Gasteiger partial charge in [-0.2, -0.15) is 4.31 Å². The standard InChI is InChI=1S/C34H38ClN3O4S/c1-5-32(27-12-11-26-21-29(35)15-14-25(26)20-27)43(40,41)38-18-16-37(17-19-38)23-28-13-10-24-8-6-7-9-30(24)31(28)22-36-33(39)42-34(2,3)4/h5-15,20-21,32H,1,16-19,22-23H2,2-4H3,(H,36,39). The van der Waals surface area contributed by atoms with Crippen molar-refractivity contribution in [2.75, 3.05) is 26.2 Å². The maximum absolute atomic E-state index is 13.8. The number of carbonyl (C=O) groups excluding carboxylic acids is 1. The van der Waals surface area contributed by atoms with Crippen molar-refractivity contribution in [1.29, 1.82) is 0 Å². The SMILES string of the molecule is C=CC(c1ccc2cc(Cl)ccc2c1)S(=O)(=O)N1CCN(Cc2ccc3ccccc3c2CNC(=O)OC(C)(C)C)CC1. The van der Waals surface area contributed by atoms with E-state index in [2.05, 4.69) is 41.1 Å². The van der Waals surface area contributed by atoms with E-state index in [1.165, 1.54) is 6.08 Å². The molecule has 1 heterocycles. The fourth-order valence-electron chi connectivity index (χ4n) is 5.60. The van der Waals surface area contributed by atoms with Crippen LogP contribution in [-0.4, -0.2) is 55.5 Å². The van der Waals surface area contributed by atoms with E-state index in [9.17, 15) is 13.2 Å². The second-order valence-electron chi connectivity index (χ2n) is 11.9. The molecule has 1 N–H and O–H groups in total. The number of sulfonamides is 1. The van der Waals surface area contributed by atoms with Gasteiger partial charge in [-0.05, 0) is 77.2 Å². The molecule has 0 aliphatic carbocycles. The molecule has 1 atom stereocenters. The van der Waals surface area contributed by atoms with Crippen LogP contribution in [0.25, 0.3) is 21.5 Å². The lowest BCUT2D eigenvalue weighted by atomic mass is 9.98. The van der Waals surface area contributed by atoms with Gasteiger partial charge in [0.05, 0.1) is 0 Å². The van der Waals surface area contributed by atoms with E-state index in [1.807, 2.05) is 63.2 Å². The Kier molecular flexibility index (Phi) is 9.13. The number of carbonyl (C=O) groups is 1. The highest BCUT2D eigenvalue weighted by Crippen LogP contribution is 2.31. The average Bonchev–Trinajstić information content (AvgIpc) is 2.96. The van der Waals surface area contributed by atoms with Crippen LogP contribution in [0, 0.1) is 0 Å². The number of halogens is 1. The third-order valence-corrected chi connectivity index (χ3v) is 10.1. The van der Waals surface area contributed by atoms with Crippen molar-refractivity contribution in [3.05, 3.63) is 107 Å². The number of hydrogen-bond acceptors (Lipinski definition) is 5. The van der Waals surface area contributed by atoms with Gasteiger partial charge in [-0.15, -0.1) is 6.58 Å². The molecule has 0 aromatic heterocycles. The first-order chi connectivity index (χ1) is 20.4. The summed E-state index contributed by atoms with van der Waals surface area (Å²) in [6.07, 6.45) is 1.05. The van der Waals surface area contributed by atoms with Crippen molar-refractivity contribution in [2.24, 2.45) is 0 Å². The third-order valence-electron chi connectivity index (χ3n) is 7.72. The number of piperazine rings is 1. The van der Waals surface area contributed by atoms with Crippen LogP contribution in [0.1, 0.15) is 42.7 Å². The van der Waals surface area contributed by atoms with Gasteiger partial charge in [0.2, 0.25) is 10.0 Å². The molecule has 1 fully saturated rings. The number of ether oxygens (including phenoxy) is 1. The lowest BCUT2D eigenvalue weighted by Crippen LogP contribution is -2.49. The maximum atomic E-state index is 13.8. The van der Waals surface area contributed by atoms with E-state index in [0.29, 0.717) is 49.9 Å². The second-order valence-corrected chi connectivity index (χ2v) is 14.4. The normalized spacial score (nSPS) is 15.8. The summed E-state index contributed by atoms with van der Waals surface area (Å²) < 4.78 is 34.6. The van der Waals surface area contributed by atoms with Gasteiger partial charge in [0.25, 0.3) is 0 Å². The molecule has 0 radical (unpaired) electrons. The Morgan fingerprint density at radius 3 is 2.37 bits per heavy atom. The zero-order valence-corrected chi connectivity index (χ0v) is 26.4. The Morgan fingerprint density at radius 2 is 1.65 bits per heavy atom. The van der Waals surface area contributed by atoms with Crippen LogP contribution in [0.3, 0.4) is 0 Å². The van der Waals surface area contributed by atoms with Crippen LogP contribution in [0.5, 0.6) is 0 Å².